The van der Waals surface area contributed by atoms with Gasteiger partial charge in [0.1, 0.15) is 11.5 Å². The van der Waals surface area contributed by atoms with Crippen LogP contribution < -0.4 is 14.8 Å². The van der Waals surface area contributed by atoms with Crippen molar-refractivity contribution in [1.29, 1.82) is 0 Å². The lowest BCUT2D eigenvalue weighted by molar-refractivity contribution is 0.0938. The number of amides is 1. The first kappa shape index (κ1) is 25.0. The fourth-order valence-corrected chi connectivity index (χ4v) is 4.70. The van der Waals surface area contributed by atoms with Gasteiger partial charge in [0.2, 0.25) is 0 Å². The summed E-state index contributed by atoms with van der Waals surface area (Å²) in [4.78, 5) is 18.9. The Bertz CT molecular complexity index is 1570. The molecule has 1 N–H and O–H groups in total. The predicted octanol–water partition coefficient (Wildman–Crippen LogP) is 6.94. The number of carbonyl (C=O) groups is 1. The molecular weight excluding hydrogens is 472 g/mol. The molecule has 0 radical (unpaired) electrons. The van der Waals surface area contributed by atoms with Gasteiger partial charge in [-0.05, 0) is 54.8 Å². The SMILES string of the molecule is COc1ccc(-c2cc(C(=O)NC(Cc3ccccc3)c3ccccc3)c3cc(C)ccc3n2)c(OC)c1. The van der Waals surface area contributed by atoms with Crippen LogP contribution in [0.15, 0.2) is 103 Å². The molecule has 0 saturated heterocycles. The Morgan fingerprint density at radius 3 is 2.29 bits per heavy atom. The van der Waals surface area contributed by atoms with Crippen molar-refractivity contribution in [3.8, 4) is 22.8 Å². The van der Waals surface area contributed by atoms with Crippen molar-refractivity contribution in [3.05, 3.63) is 125 Å². The molecule has 0 aliphatic carbocycles. The average molecular weight is 503 g/mol. The molecule has 1 atom stereocenters. The molecule has 0 spiro atoms. The molecule has 5 nitrogen and oxygen atoms in total. The van der Waals surface area contributed by atoms with Crippen molar-refractivity contribution in [2.24, 2.45) is 0 Å². The summed E-state index contributed by atoms with van der Waals surface area (Å²) in [6, 6.07) is 33.5. The van der Waals surface area contributed by atoms with Crippen molar-refractivity contribution >= 4 is 16.8 Å². The second-order valence-electron chi connectivity index (χ2n) is 9.27. The van der Waals surface area contributed by atoms with Crippen LogP contribution in [0.25, 0.3) is 22.2 Å². The monoisotopic (exact) mass is 502 g/mol. The Hall–Kier alpha value is -4.64. The van der Waals surface area contributed by atoms with Crippen LogP contribution in [0.2, 0.25) is 0 Å². The summed E-state index contributed by atoms with van der Waals surface area (Å²) in [6.45, 7) is 2.02. The van der Waals surface area contributed by atoms with E-state index in [1.807, 2.05) is 85.8 Å². The summed E-state index contributed by atoms with van der Waals surface area (Å²) in [5.74, 6) is 1.16. The Balaban J connectivity index is 1.59. The standard InChI is InChI=1S/C33H30N2O3/c1-22-14-17-29-27(18-22)28(21-31(34-29)26-16-15-25(37-2)20-32(26)38-3)33(36)35-30(24-12-8-5-9-13-24)19-23-10-6-4-7-11-23/h4-18,20-21,30H,19H2,1-3H3,(H,35,36). The first-order chi connectivity index (χ1) is 18.6. The van der Waals surface area contributed by atoms with Crippen LogP contribution in [-0.4, -0.2) is 25.1 Å². The van der Waals surface area contributed by atoms with Crippen LogP contribution in [0.1, 0.15) is 33.1 Å². The van der Waals surface area contributed by atoms with E-state index in [0.717, 1.165) is 33.2 Å². The Morgan fingerprint density at radius 1 is 0.842 bits per heavy atom. The number of hydrogen-bond donors (Lipinski definition) is 1. The fourth-order valence-electron chi connectivity index (χ4n) is 4.70. The zero-order valence-electron chi connectivity index (χ0n) is 21.8. The van der Waals surface area contributed by atoms with Gasteiger partial charge in [0.15, 0.2) is 0 Å². The number of aryl methyl sites for hydroxylation is 1. The lowest BCUT2D eigenvalue weighted by Crippen LogP contribution is -2.30. The molecule has 1 heterocycles. The lowest BCUT2D eigenvalue weighted by Gasteiger charge is -2.21. The largest absolute Gasteiger partial charge is 0.497 e. The Kier molecular flexibility index (Phi) is 7.36. The van der Waals surface area contributed by atoms with E-state index < -0.39 is 0 Å². The van der Waals surface area contributed by atoms with Gasteiger partial charge in [0, 0.05) is 17.0 Å². The van der Waals surface area contributed by atoms with Gasteiger partial charge in [-0.1, -0.05) is 72.3 Å². The number of ether oxygens (including phenoxy) is 2. The van der Waals surface area contributed by atoms with Gasteiger partial charge >= 0.3 is 0 Å². The van der Waals surface area contributed by atoms with E-state index >= 15 is 0 Å². The van der Waals surface area contributed by atoms with E-state index in [-0.39, 0.29) is 11.9 Å². The molecule has 5 heteroatoms. The Labute approximate surface area is 223 Å². The molecule has 0 bridgehead atoms. The predicted molar refractivity (Wildman–Crippen MR) is 152 cm³/mol. The van der Waals surface area contributed by atoms with E-state index in [1.54, 1.807) is 14.2 Å². The summed E-state index contributed by atoms with van der Waals surface area (Å²) >= 11 is 0. The van der Waals surface area contributed by atoms with Crippen molar-refractivity contribution < 1.29 is 14.3 Å². The molecule has 0 aliphatic rings. The normalized spacial score (nSPS) is 11.7. The highest BCUT2D eigenvalue weighted by molar-refractivity contribution is 6.07. The molecule has 38 heavy (non-hydrogen) atoms. The van der Waals surface area contributed by atoms with E-state index in [4.69, 9.17) is 14.5 Å². The van der Waals surface area contributed by atoms with Crippen LogP contribution in [0.3, 0.4) is 0 Å². The number of fused-ring (bicyclic) bond motifs is 1. The molecule has 1 unspecified atom stereocenters. The lowest BCUT2D eigenvalue weighted by atomic mass is 9.97. The van der Waals surface area contributed by atoms with E-state index in [2.05, 4.69) is 29.6 Å². The third-order valence-corrected chi connectivity index (χ3v) is 6.68. The number of benzene rings is 4. The number of pyridine rings is 1. The number of methoxy groups -OCH3 is 2. The minimum absolute atomic E-state index is 0.151. The summed E-state index contributed by atoms with van der Waals surface area (Å²) in [5, 5.41) is 4.13. The highest BCUT2D eigenvalue weighted by Crippen LogP contribution is 2.34. The van der Waals surface area contributed by atoms with Crippen LogP contribution in [-0.2, 0) is 6.42 Å². The van der Waals surface area contributed by atoms with Gasteiger partial charge in [-0.3, -0.25) is 4.79 Å². The van der Waals surface area contributed by atoms with Crippen molar-refractivity contribution in [1.82, 2.24) is 10.3 Å². The van der Waals surface area contributed by atoms with E-state index in [0.29, 0.717) is 29.2 Å². The molecule has 0 fully saturated rings. The number of aromatic nitrogens is 1. The quantitative estimate of drug-likeness (QED) is 0.250. The van der Waals surface area contributed by atoms with E-state index in [9.17, 15) is 4.79 Å². The van der Waals surface area contributed by atoms with Gasteiger partial charge in [-0.2, -0.15) is 0 Å². The summed E-state index contributed by atoms with van der Waals surface area (Å²) in [7, 11) is 3.23. The number of rotatable bonds is 8. The van der Waals surface area contributed by atoms with Gasteiger partial charge in [0.25, 0.3) is 5.91 Å². The number of nitrogens with zero attached hydrogens (tertiary/aromatic N) is 1. The van der Waals surface area contributed by atoms with Crippen LogP contribution in [0.4, 0.5) is 0 Å². The van der Waals surface area contributed by atoms with Crippen molar-refractivity contribution in [3.63, 3.8) is 0 Å². The molecule has 0 saturated carbocycles. The molecule has 1 aromatic heterocycles. The molecule has 1 amide bonds. The molecular formula is C33H30N2O3. The molecule has 190 valence electrons. The topological polar surface area (TPSA) is 60.5 Å². The minimum Gasteiger partial charge on any atom is -0.497 e. The maximum absolute atomic E-state index is 14.0. The maximum Gasteiger partial charge on any atom is 0.252 e. The molecule has 5 aromatic rings. The highest BCUT2D eigenvalue weighted by atomic mass is 16.5. The zero-order chi connectivity index (χ0) is 26.5. The zero-order valence-corrected chi connectivity index (χ0v) is 21.8. The van der Waals surface area contributed by atoms with Crippen LogP contribution in [0.5, 0.6) is 11.5 Å². The van der Waals surface area contributed by atoms with Gasteiger partial charge in [0.05, 0.1) is 37.0 Å². The van der Waals surface area contributed by atoms with Crippen LogP contribution in [0, 0.1) is 6.92 Å². The minimum atomic E-state index is -0.196. The third-order valence-electron chi connectivity index (χ3n) is 6.68. The van der Waals surface area contributed by atoms with Gasteiger partial charge in [-0.15, -0.1) is 0 Å². The first-order valence-corrected chi connectivity index (χ1v) is 12.6. The van der Waals surface area contributed by atoms with Gasteiger partial charge in [-0.25, -0.2) is 4.98 Å². The average Bonchev–Trinajstić information content (AvgIpc) is 2.96. The number of nitrogens with one attached hydrogen (secondary N) is 1. The Morgan fingerprint density at radius 2 is 1.58 bits per heavy atom. The third kappa shape index (κ3) is 5.37. The summed E-state index contributed by atoms with van der Waals surface area (Å²) < 4.78 is 11.0. The highest BCUT2D eigenvalue weighted by Gasteiger charge is 2.21. The molecule has 5 rings (SSSR count). The van der Waals surface area contributed by atoms with Crippen LogP contribution >= 0.6 is 0 Å². The molecule has 4 aromatic carbocycles. The van der Waals surface area contributed by atoms with Crippen molar-refractivity contribution in [2.75, 3.05) is 14.2 Å². The van der Waals surface area contributed by atoms with E-state index in [1.165, 1.54) is 0 Å². The fraction of sp³-hybridized carbons (Fsp3) is 0.152. The summed E-state index contributed by atoms with van der Waals surface area (Å²) in [6.07, 6.45) is 0.678. The second kappa shape index (κ2) is 11.2. The maximum atomic E-state index is 14.0. The summed E-state index contributed by atoms with van der Waals surface area (Å²) in [5.41, 5.74) is 6.03. The second-order valence-corrected chi connectivity index (χ2v) is 9.27. The smallest absolute Gasteiger partial charge is 0.252 e. The molecule has 0 aliphatic heterocycles. The van der Waals surface area contributed by atoms with Gasteiger partial charge < -0.3 is 14.8 Å². The number of carbonyl (C=O) groups excluding carboxylic acids is 1. The number of hydrogen-bond acceptors (Lipinski definition) is 4. The van der Waals surface area contributed by atoms with Crippen molar-refractivity contribution in [2.45, 2.75) is 19.4 Å². The first-order valence-electron chi connectivity index (χ1n) is 12.6.